The Labute approximate surface area is 213 Å². The molecular formula is C26H30N5O2S2+. The lowest BCUT2D eigenvalue weighted by Crippen LogP contribution is -2.42. The van der Waals surface area contributed by atoms with Crippen molar-refractivity contribution in [1.29, 1.82) is 0 Å². The minimum absolute atomic E-state index is 0.221. The molecule has 1 fully saturated rings. The first-order valence-electron chi connectivity index (χ1n) is 12.0. The number of aromatic amines is 1. The molecule has 1 aromatic carbocycles. The summed E-state index contributed by atoms with van der Waals surface area (Å²) in [6, 6.07) is 10.4. The number of fused-ring (bicyclic) bond motifs is 5. The Balaban J connectivity index is 1.54. The van der Waals surface area contributed by atoms with Crippen LogP contribution in [0, 0.1) is 0 Å². The SMILES string of the molecule is CSc1nc(NCc2ccccc2)c2sc3[nH+]c(N4CCOCC4)c4c(c3c2n1)CC(C)(C)OC4. The first kappa shape index (κ1) is 23.0. The van der Waals surface area contributed by atoms with Crippen molar-refractivity contribution in [3.05, 3.63) is 47.0 Å². The Morgan fingerprint density at radius 2 is 1.94 bits per heavy atom. The number of nitrogens with zero attached hydrogens (tertiary/aromatic N) is 3. The van der Waals surface area contributed by atoms with Crippen molar-refractivity contribution in [1.82, 2.24) is 9.97 Å². The summed E-state index contributed by atoms with van der Waals surface area (Å²) in [6.07, 6.45) is 2.88. The van der Waals surface area contributed by atoms with Gasteiger partial charge >= 0.3 is 0 Å². The zero-order chi connectivity index (χ0) is 24.0. The van der Waals surface area contributed by atoms with Gasteiger partial charge in [0.15, 0.2) is 9.99 Å². The number of pyridine rings is 1. The van der Waals surface area contributed by atoms with Gasteiger partial charge in [0.1, 0.15) is 23.6 Å². The van der Waals surface area contributed by atoms with Crippen molar-refractivity contribution in [2.45, 2.75) is 44.2 Å². The van der Waals surface area contributed by atoms with Crippen molar-refractivity contribution in [2.24, 2.45) is 0 Å². The number of rotatable bonds is 5. The zero-order valence-corrected chi connectivity index (χ0v) is 21.9. The molecule has 4 aromatic rings. The highest BCUT2D eigenvalue weighted by atomic mass is 32.2. The van der Waals surface area contributed by atoms with Crippen LogP contribution in [-0.2, 0) is 29.0 Å². The molecule has 2 aliphatic heterocycles. The topological polar surface area (TPSA) is 73.7 Å². The Hall–Kier alpha value is -2.46. The van der Waals surface area contributed by atoms with Crippen LogP contribution in [0.1, 0.15) is 30.5 Å². The van der Waals surface area contributed by atoms with Gasteiger partial charge in [-0.3, -0.25) is 4.90 Å². The van der Waals surface area contributed by atoms with Gasteiger partial charge in [0.05, 0.1) is 41.9 Å². The third-order valence-corrected chi connectivity index (χ3v) is 8.37. The van der Waals surface area contributed by atoms with E-state index in [-0.39, 0.29) is 5.60 Å². The average Bonchev–Trinajstić information content (AvgIpc) is 3.26. The lowest BCUT2D eigenvalue weighted by Gasteiger charge is -2.33. The number of ether oxygens (including phenoxy) is 2. The molecule has 3 aromatic heterocycles. The van der Waals surface area contributed by atoms with Gasteiger partial charge in [0, 0.05) is 13.0 Å². The fourth-order valence-electron chi connectivity index (χ4n) is 4.95. The number of thioether (sulfide) groups is 1. The highest BCUT2D eigenvalue weighted by molar-refractivity contribution is 7.98. The standard InChI is InChI=1S/C26H29N5O2S2/c1-26(2)13-17-18(15-33-26)23(31-9-11-32-12-10-31)30-24-19(17)20-21(35-24)22(29-25(28-20)34-3)27-14-16-7-5-4-6-8-16/h4-8H,9-15H2,1-3H3,(H,27,28,29)/p+1. The second kappa shape index (κ2) is 9.20. The lowest BCUT2D eigenvalue weighted by atomic mass is 9.90. The molecule has 6 rings (SSSR count). The maximum absolute atomic E-state index is 6.29. The van der Waals surface area contributed by atoms with E-state index in [9.17, 15) is 0 Å². The third-order valence-electron chi connectivity index (χ3n) is 6.72. The number of aromatic nitrogens is 3. The highest BCUT2D eigenvalue weighted by Crippen LogP contribution is 2.43. The number of nitrogens with one attached hydrogen (secondary N) is 2. The molecule has 0 radical (unpaired) electrons. The first-order valence-corrected chi connectivity index (χ1v) is 14.1. The molecular weight excluding hydrogens is 478 g/mol. The van der Waals surface area contributed by atoms with Crippen LogP contribution >= 0.6 is 23.1 Å². The van der Waals surface area contributed by atoms with Crippen LogP contribution in [-0.4, -0.2) is 48.1 Å². The van der Waals surface area contributed by atoms with E-state index in [2.05, 4.69) is 53.3 Å². The highest BCUT2D eigenvalue weighted by Gasteiger charge is 2.36. The second-order valence-corrected chi connectivity index (χ2v) is 11.4. The average molecular weight is 509 g/mol. The lowest BCUT2D eigenvalue weighted by molar-refractivity contribution is -0.329. The minimum atomic E-state index is -0.221. The van der Waals surface area contributed by atoms with Gasteiger partial charge in [-0.15, -0.1) is 0 Å². The fraction of sp³-hybridized carbons (Fsp3) is 0.423. The smallest absolute Gasteiger partial charge is 0.281 e. The van der Waals surface area contributed by atoms with Crippen molar-refractivity contribution in [3.63, 3.8) is 0 Å². The molecule has 2 aliphatic rings. The molecule has 0 saturated carbocycles. The molecule has 7 nitrogen and oxygen atoms in total. The van der Waals surface area contributed by atoms with Crippen molar-refractivity contribution in [3.8, 4) is 0 Å². The summed E-state index contributed by atoms with van der Waals surface area (Å²) in [5.41, 5.74) is 4.63. The molecule has 0 spiro atoms. The van der Waals surface area contributed by atoms with Gasteiger partial charge in [0.25, 0.3) is 5.82 Å². The van der Waals surface area contributed by atoms with Crippen LogP contribution in [0.25, 0.3) is 20.4 Å². The van der Waals surface area contributed by atoms with Crippen molar-refractivity contribution in [2.75, 3.05) is 42.8 Å². The van der Waals surface area contributed by atoms with Crippen LogP contribution in [0.15, 0.2) is 35.5 Å². The molecule has 0 amide bonds. The predicted octanol–water partition coefficient (Wildman–Crippen LogP) is 4.68. The zero-order valence-electron chi connectivity index (χ0n) is 20.3. The van der Waals surface area contributed by atoms with Gasteiger partial charge in [0.2, 0.25) is 0 Å². The van der Waals surface area contributed by atoms with Crippen LogP contribution in [0.4, 0.5) is 11.6 Å². The Kier molecular flexibility index (Phi) is 6.04. The molecule has 0 unspecified atom stereocenters. The second-order valence-electron chi connectivity index (χ2n) is 9.64. The third kappa shape index (κ3) is 4.35. The number of hydrogen-bond donors (Lipinski definition) is 1. The van der Waals surface area contributed by atoms with Gasteiger partial charge in [-0.25, -0.2) is 15.0 Å². The van der Waals surface area contributed by atoms with Crippen molar-refractivity contribution < 1.29 is 14.5 Å². The summed E-state index contributed by atoms with van der Waals surface area (Å²) in [7, 11) is 0. The molecule has 9 heteroatoms. The number of benzene rings is 1. The summed E-state index contributed by atoms with van der Waals surface area (Å²) >= 11 is 3.32. The normalized spacial score (nSPS) is 17.6. The Morgan fingerprint density at radius 3 is 2.71 bits per heavy atom. The van der Waals surface area contributed by atoms with E-state index in [1.54, 1.807) is 23.1 Å². The van der Waals surface area contributed by atoms with Crippen molar-refractivity contribution >= 4 is 55.2 Å². The predicted molar refractivity (Wildman–Crippen MR) is 143 cm³/mol. The number of H-pyrrole nitrogens is 1. The van der Waals surface area contributed by atoms with E-state index in [4.69, 9.17) is 19.4 Å². The van der Waals surface area contributed by atoms with Crippen LogP contribution in [0.3, 0.4) is 0 Å². The van der Waals surface area contributed by atoms with Gasteiger partial charge in [-0.2, -0.15) is 0 Å². The minimum Gasteiger partial charge on any atom is -0.373 e. The molecule has 1 saturated heterocycles. The summed E-state index contributed by atoms with van der Waals surface area (Å²) < 4.78 is 13.0. The van der Waals surface area contributed by atoms with E-state index in [0.717, 1.165) is 71.1 Å². The first-order chi connectivity index (χ1) is 17.0. The van der Waals surface area contributed by atoms with Crippen LogP contribution in [0.5, 0.6) is 0 Å². The van der Waals surface area contributed by atoms with Gasteiger partial charge in [-0.05, 0) is 31.2 Å². The molecule has 2 N–H and O–H groups in total. The summed E-state index contributed by atoms with van der Waals surface area (Å²) in [5.74, 6) is 2.06. The molecule has 182 valence electrons. The molecule has 0 bridgehead atoms. The largest absolute Gasteiger partial charge is 0.373 e. The van der Waals surface area contributed by atoms with Gasteiger partial charge in [-0.1, -0.05) is 53.4 Å². The molecule has 35 heavy (non-hydrogen) atoms. The number of thiophene rings is 1. The molecule has 0 aliphatic carbocycles. The van der Waals surface area contributed by atoms with E-state index < -0.39 is 0 Å². The number of morpholine rings is 1. The number of hydrogen-bond acceptors (Lipinski definition) is 8. The molecule has 5 heterocycles. The number of anilines is 2. The summed E-state index contributed by atoms with van der Waals surface area (Å²) in [6.45, 7) is 8.92. The quantitative estimate of drug-likeness (QED) is 0.310. The Morgan fingerprint density at radius 1 is 1.14 bits per heavy atom. The molecule has 0 atom stereocenters. The monoisotopic (exact) mass is 508 g/mol. The summed E-state index contributed by atoms with van der Waals surface area (Å²) in [4.78, 5) is 17.2. The van der Waals surface area contributed by atoms with E-state index in [1.165, 1.54) is 22.1 Å². The maximum Gasteiger partial charge on any atom is 0.281 e. The Bertz CT molecular complexity index is 1380. The van der Waals surface area contributed by atoms with Gasteiger partial charge < -0.3 is 14.8 Å². The fourth-order valence-corrected chi connectivity index (χ4v) is 6.44. The van der Waals surface area contributed by atoms with E-state index in [0.29, 0.717) is 6.61 Å². The van der Waals surface area contributed by atoms with Crippen LogP contribution < -0.4 is 15.2 Å². The van der Waals surface area contributed by atoms with E-state index >= 15 is 0 Å². The van der Waals surface area contributed by atoms with Crippen LogP contribution in [0.2, 0.25) is 0 Å². The maximum atomic E-state index is 6.29. The summed E-state index contributed by atoms with van der Waals surface area (Å²) in [5, 5.41) is 5.59. The van der Waals surface area contributed by atoms with E-state index in [1.807, 2.05) is 12.3 Å².